The van der Waals surface area contributed by atoms with Crippen LogP contribution in [-0.4, -0.2) is 22.2 Å². The smallest absolute Gasteiger partial charge is 0.423 e. The molecule has 0 bridgehead atoms. The van der Waals surface area contributed by atoms with Gasteiger partial charge in [-0.25, -0.2) is 0 Å². The average molecular weight is 259 g/mol. The van der Waals surface area contributed by atoms with Crippen molar-refractivity contribution < 1.29 is 36.4 Å². The molecule has 1 aromatic heterocycles. The molecule has 0 radical (unpaired) electrons. The highest BCUT2D eigenvalue weighted by Crippen LogP contribution is 2.38. The zero-order chi connectivity index (χ0) is 13.4. The predicted octanol–water partition coefficient (Wildman–Crippen LogP) is 0.799. The van der Waals surface area contributed by atoms with Crippen LogP contribution in [0.25, 0.3) is 0 Å². The van der Waals surface area contributed by atoms with Crippen LogP contribution in [0.2, 0.25) is 0 Å². The summed E-state index contributed by atoms with van der Waals surface area (Å²) in [5.41, 5.74) is -4.95. The molecule has 0 saturated heterocycles. The molecule has 0 aromatic carbocycles. The molecule has 0 fully saturated rings. The fourth-order valence-corrected chi connectivity index (χ4v) is 1.06. The molecule has 1 rings (SSSR count). The fourth-order valence-electron chi connectivity index (χ4n) is 1.06. The van der Waals surface area contributed by atoms with Crippen molar-refractivity contribution in [1.82, 2.24) is 4.98 Å². The number of rotatable bonds is 1. The number of alkyl halides is 6. The monoisotopic (exact) mass is 259 g/mol. The van der Waals surface area contributed by atoms with E-state index >= 15 is 0 Å². The highest BCUT2D eigenvalue weighted by Gasteiger charge is 2.45. The third kappa shape index (κ3) is 3.10. The number of hydrogen-bond donors (Lipinski definition) is 2. The molecule has 0 spiro atoms. The molecule has 1 heterocycles. The Kier molecular flexibility index (Phi) is 3.39. The van der Waals surface area contributed by atoms with Crippen LogP contribution in [0.15, 0.2) is 12.3 Å². The second-order valence-electron chi connectivity index (χ2n) is 3.03. The fraction of sp³-hybridized carbons (Fsp3) is 0.286. The van der Waals surface area contributed by atoms with Crippen LogP contribution in [-0.2, 0) is 12.4 Å². The van der Waals surface area contributed by atoms with Crippen molar-refractivity contribution in [1.29, 1.82) is 0 Å². The highest BCUT2D eigenvalue weighted by atomic mass is 19.4. The van der Waals surface area contributed by atoms with E-state index < -0.39 is 36.2 Å². The van der Waals surface area contributed by atoms with Gasteiger partial charge in [0.15, 0.2) is 5.69 Å². The number of halogens is 6. The molecule has 2 N–H and O–H groups in total. The van der Waals surface area contributed by atoms with E-state index in [0.29, 0.717) is 6.20 Å². The highest BCUT2D eigenvalue weighted by molar-refractivity contribution is 6.58. The van der Waals surface area contributed by atoms with Crippen LogP contribution >= 0.6 is 0 Å². The van der Waals surface area contributed by atoms with Crippen LogP contribution in [0.1, 0.15) is 11.3 Å². The minimum absolute atomic E-state index is 0.000486. The molecule has 94 valence electrons. The van der Waals surface area contributed by atoms with Crippen LogP contribution in [0.5, 0.6) is 0 Å². The molecule has 10 heteroatoms. The largest absolute Gasteiger partial charge is 0.490 e. The van der Waals surface area contributed by atoms with Crippen LogP contribution in [0, 0.1) is 0 Å². The Bertz CT molecular complexity index is 416. The van der Waals surface area contributed by atoms with Gasteiger partial charge in [-0.2, -0.15) is 26.3 Å². The van der Waals surface area contributed by atoms with E-state index in [1.54, 1.807) is 0 Å². The Labute approximate surface area is 90.9 Å². The predicted molar refractivity (Wildman–Crippen MR) is 44.1 cm³/mol. The third-order valence-corrected chi connectivity index (χ3v) is 1.78. The Morgan fingerprint density at radius 2 is 1.53 bits per heavy atom. The van der Waals surface area contributed by atoms with Gasteiger partial charge in [-0.15, -0.1) is 0 Å². The van der Waals surface area contributed by atoms with E-state index in [-0.39, 0.29) is 6.07 Å². The Morgan fingerprint density at radius 1 is 1.00 bits per heavy atom. The van der Waals surface area contributed by atoms with Gasteiger partial charge < -0.3 is 10.0 Å². The number of pyridine rings is 1. The Morgan fingerprint density at radius 3 is 1.88 bits per heavy atom. The first-order valence-electron chi connectivity index (χ1n) is 4.04. The molecule has 0 unspecified atom stereocenters. The maximum Gasteiger partial charge on any atom is 0.490 e. The van der Waals surface area contributed by atoms with E-state index in [0.717, 1.165) is 0 Å². The van der Waals surface area contributed by atoms with Crippen molar-refractivity contribution in [2.45, 2.75) is 12.4 Å². The molecule has 17 heavy (non-hydrogen) atoms. The summed E-state index contributed by atoms with van der Waals surface area (Å²) in [6.45, 7) is 0. The lowest BCUT2D eigenvalue weighted by molar-refractivity contribution is -0.164. The zero-order valence-electron chi connectivity index (χ0n) is 7.84. The number of nitrogens with zero attached hydrogens (tertiary/aromatic N) is 1. The van der Waals surface area contributed by atoms with Gasteiger partial charge in [0.1, 0.15) is 0 Å². The summed E-state index contributed by atoms with van der Waals surface area (Å²) in [6, 6.07) is 0.000486. The first-order valence-corrected chi connectivity index (χ1v) is 4.04. The third-order valence-electron chi connectivity index (χ3n) is 1.78. The zero-order valence-corrected chi connectivity index (χ0v) is 7.84. The van der Waals surface area contributed by atoms with Gasteiger partial charge >= 0.3 is 19.5 Å². The normalized spacial score (nSPS) is 12.7. The summed E-state index contributed by atoms with van der Waals surface area (Å²) in [6.07, 6.45) is -10.2. The molecule has 0 amide bonds. The average Bonchev–Trinajstić information content (AvgIpc) is 2.14. The maximum atomic E-state index is 12.3. The van der Waals surface area contributed by atoms with Gasteiger partial charge in [-0.05, 0) is 6.07 Å². The van der Waals surface area contributed by atoms with E-state index in [2.05, 4.69) is 4.98 Å². The van der Waals surface area contributed by atoms with Crippen molar-refractivity contribution in [3.05, 3.63) is 23.5 Å². The van der Waals surface area contributed by atoms with E-state index in [9.17, 15) is 26.3 Å². The topological polar surface area (TPSA) is 53.4 Å². The van der Waals surface area contributed by atoms with Gasteiger partial charge in [0.25, 0.3) is 0 Å². The first kappa shape index (κ1) is 13.8. The Hall–Kier alpha value is -1.29. The summed E-state index contributed by atoms with van der Waals surface area (Å²) in [5.74, 6) is 0. The van der Waals surface area contributed by atoms with E-state index in [4.69, 9.17) is 10.0 Å². The van der Waals surface area contributed by atoms with Gasteiger partial charge in [0, 0.05) is 11.7 Å². The van der Waals surface area contributed by atoms with E-state index in [1.807, 2.05) is 0 Å². The van der Waals surface area contributed by atoms with Crippen LogP contribution in [0.3, 0.4) is 0 Å². The molecular weight excluding hydrogens is 255 g/mol. The molecule has 1 aromatic rings. The first-order chi connectivity index (χ1) is 7.53. The van der Waals surface area contributed by atoms with Gasteiger partial charge in [-0.1, -0.05) is 0 Å². The molecule has 0 aliphatic rings. The summed E-state index contributed by atoms with van der Waals surface area (Å²) < 4.78 is 73.6. The van der Waals surface area contributed by atoms with Crippen molar-refractivity contribution in [2.24, 2.45) is 0 Å². The lowest BCUT2D eigenvalue weighted by atomic mass is 9.80. The molecular formula is C7H4BF6NO2. The minimum Gasteiger partial charge on any atom is -0.423 e. The van der Waals surface area contributed by atoms with E-state index in [1.165, 1.54) is 0 Å². The minimum atomic E-state index is -5.29. The van der Waals surface area contributed by atoms with Crippen molar-refractivity contribution >= 4 is 12.6 Å². The standard InChI is InChI=1S/C7H4BF6NO2/c9-6(10,11)4-1-3(8(16)17)2-15-5(4)7(12,13)14/h1-2,16-17H. The summed E-state index contributed by atoms with van der Waals surface area (Å²) in [4.78, 5) is 2.57. The van der Waals surface area contributed by atoms with Crippen molar-refractivity contribution in [3.8, 4) is 0 Å². The van der Waals surface area contributed by atoms with Crippen molar-refractivity contribution in [2.75, 3.05) is 0 Å². The lowest BCUT2D eigenvalue weighted by Gasteiger charge is -2.15. The lowest BCUT2D eigenvalue weighted by Crippen LogP contribution is -2.33. The maximum absolute atomic E-state index is 12.3. The van der Waals surface area contributed by atoms with Crippen LogP contribution in [0.4, 0.5) is 26.3 Å². The summed E-state index contributed by atoms with van der Waals surface area (Å²) in [5, 5.41) is 17.1. The molecule has 0 aliphatic heterocycles. The number of hydrogen-bond acceptors (Lipinski definition) is 3. The second-order valence-corrected chi connectivity index (χ2v) is 3.03. The number of aromatic nitrogens is 1. The molecule has 0 aliphatic carbocycles. The van der Waals surface area contributed by atoms with Crippen LogP contribution < -0.4 is 5.46 Å². The second kappa shape index (κ2) is 4.19. The molecule has 0 atom stereocenters. The SMILES string of the molecule is OB(O)c1cnc(C(F)(F)F)c(C(F)(F)F)c1. The molecule has 3 nitrogen and oxygen atoms in total. The quantitative estimate of drug-likeness (QED) is 0.579. The summed E-state index contributed by atoms with van der Waals surface area (Å²) >= 11 is 0. The van der Waals surface area contributed by atoms with Gasteiger partial charge in [0.2, 0.25) is 0 Å². The van der Waals surface area contributed by atoms with Gasteiger partial charge in [-0.3, -0.25) is 4.98 Å². The molecule has 0 saturated carbocycles. The van der Waals surface area contributed by atoms with Crippen molar-refractivity contribution in [3.63, 3.8) is 0 Å². The Balaban J connectivity index is 3.43. The summed E-state index contributed by atoms with van der Waals surface area (Å²) in [7, 11) is -2.33. The van der Waals surface area contributed by atoms with Gasteiger partial charge in [0.05, 0.1) is 5.56 Å².